The molecule has 0 radical (unpaired) electrons. The second kappa shape index (κ2) is 10.3. The highest BCUT2D eigenvalue weighted by Gasteiger charge is 2.31. The van der Waals surface area contributed by atoms with Gasteiger partial charge in [0.1, 0.15) is 5.82 Å². The Kier molecular flexibility index (Phi) is 7.45. The molecule has 33 heavy (non-hydrogen) atoms. The lowest BCUT2D eigenvalue weighted by molar-refractivity contribution is -0.140. The van der Waals surface area contributed by atoms with Gasteiger partial charge in [0.05, 0.1) is 5.92 Å². The Morgan fingerprint density at radius 2 is 1.45 bits per heavy atom. The fourth-order valence-electron chi connectivity index (χ4n) is 5.47. The third-order valence-electron chi connectivity index (χ3n) is 7.72. The van der Waals surface area contributed by atoms with E-state index in [2.05, 4.69) is 6.92 Å². The Bertz CT molecular complexity index is 987. The molecule has 2 nitrogen and oxygen atoms in total. The van der Waals surface area contributed by atoms with Crippen LogP contribution < -0.4 is 4.74 Å². The van der Waals surface area contributed by atoms with E-state index in [1.807, 2.05) is 19.1 Å². The van der Waals surface area contributed by atoms with Gasteiger partial charge in [-0.3, -0.25) is 4.79 Å². The molecule has 0 spiro atoms. The third kappa shape index (κ3) is 5.28. The van der Waals surface area contributed by atoms with Crippen molar-refractivity contribution in [2.24, 2.45) is 11.8 Å². The average Bonchev–Trinajstić information content (AvgIpc) is 2.83. The fraction of sp³-hybridized carbons (Fsp3) is 0.536. The van der Waals surface area contributed by atoms with Gasteiger partial charge in [0.25, 0.3) is 0 Å². The fourth-order valence-corrected chi connectivity index (χ4v) is 5.47. The molecule has 2 aliphatic carbocycles. The molecule has 2 aromatic carbocycles. The van der Waals surface area contributed by atoms with E-state index < -0.39 is 17.6 Å². The molecule has 2 saturated carbocycles. The first kappa shape index (κ1) is 23.8. The van der Waals surface area contributed by atoms with Gasteiger partial charge >= 0.3 is 5.97 Å². The maximum Gasteiger partial charge on any atom is 0.314 e. The lowest BCUT2D eigenvalue weighted by Gasteiger charge is -2.28. The van der Waals surface area contributed by atoms with Gasteiger partial charge in [-0.2, -0.15) is 4.39 Å². The molecular weight excluding hydrogens is 425 g/mol. The van der Waals surface area contributed by atoms with Crippen LogP contribution in [-0.4, -0.2) is 5.97 Å². The van der Waals surface area contributed by atoms with Crippen LogP contribution in [0.1, 0.15) is 93.7 Å². The van der Waals surface area contributed by atoms with Gasteiger partial charge in [0, 0.05) is 0 Å². The zero-order valence-corrected chi connectivity index (χ0v) is 19.5. The van der Waals surface area contributed by atoms with E-state index in [1.54, 1.807) is 12.1 Å². The third-order valence-corrected chi connectivity index (χ3v) is 7.72. The van der Waals surface area contributed by atoms with Gasteiger partial charge in [0.15, 0.2) is 11.6 Å². The smallest absolute Gasteiger partial charge is 0.314 e. The van der Waals surface area contributed by atoms with Crippen molar-refractivity contribution < 1.29 is 22.7 Å². The van der Waals surface area contributed by atoms with Crippen molar-refractivity contribution in [1.29, 1.82) is 0 Å². The normalized spacial score (nSPS) is 25.6. The van der Waals surface area contributed by atoms with Crippen molar-refractivity contribution in [1.82, 2.24) is 0 Å². The standard InChI is InChI=1S/C28H33F3O2/c1-3-18-6-13-22(24(29)16-18)19-9-11-21(12-10-19)28(32)33-25-15-14-23(26(30)27(25)31)20-7-4-17(2)5-8-20/h6,13-17,19-21H,3-5,7-12H2,1-2H3. The molecule has 2 aliphatic rings. The Balaban J connectivity index is 1.37. The number of rotatable bonds is 5. The molecule has 4 rings (SSSR count). The van der Waals surface area contributed by atoms with Crippen LogP contribution in [0.25, 0.3) is 0 Å². The highest BCUT2D eigenvalue weighted by Crippen LogP contribution is 2.40. The summed E-state index contributed by atoms with van der Waals surface area (Å²) < 4.78 is 49.2. The summed E-state index contributed by atoms with van der Waals surface area (Å²) >= 11 is 0. The monoisotopic (exact) mass is 458 g/mol. The van der Waals surface area contributed by atoms with Crippen LogP contribution in [-0.2, 0) is 11.2 Å². The van der Waals surface area contributed by atoms with Crippen molar-refractivity contribution in [2.45, 2.75) is 83.5 Å². The van der Waals surface area contributed by atoms with E-state index in [0.717, 1.165) is 37.7 Å². The van der Waals surface area contributed by atoms with Crippen molar-refractivity contribution in [3.8, 4) is 5.75 Å². The Morgan fingerprint density at radius 1 is 0.848 bits per heavy atom. The number of benzene rings is 2. The van der Waals surface area contributed by atoms with E-state index in [4.69, 9.17) is 4.74 Å². The summed E-state index contributed by atoms with van der Waals surface area (Å²) in [4.78, 5) is 12.7. The summed E-state index contributed by atoms with van der Waals surface area (Å²) in [6, 6.07) is 8.35. The molecule has 0 N–H and O–H groups in total. The lowest BCUT2D eigenvalue weighted by atomic mass is 9.78. The number of hydrogen-bond donors (Lipinski definition) is 0. The van der Waals surface area contributed by atoms with Crippen LogP contribution in [0.4, 0.5) is 13.2 Å². The van der Waals surface area contributed by atoms with Crippen molar-refractivity contribution in [2.75, 3.05) is 0 Å². The maximum atomic E-state index is 14.8. The number of ether oxygens (including phenoxy) is 1. The van der Waals surface area contributed by atoms with Gasteiger partial charge in [-0.25, -0.2) is 8.78 Å². The minimum absolute atomic E-state index is 0.0162. The summed E-state index contributed by atoms with van der Waals surface area (Å²) in [5.74, 6) is -2.72. The number of esters is 1. The molecule has 0 heterocycles. The molecular formula is C28H33F3O2. The maximum absolute atomic E-state index is 14.8. The first-order valence-corrected chi connectivity index (χ1v) is 12.3. The SMILES string of the molecule is CCc1ccc(C2CCC(C(=O)Oc3ccc(C4CCC(C)CC4)c(F)c3F)CC2)c(F)c1. The van der Waals surface area contributed by atoms with Crippen LogP contribution in [0.15, 0.2) is 30.3 Å². The highest BCUT2D eigenvalue weighted by molar-refractivity contribution is 5.75. The van der Waals surface area contributed by atoms with Crippen molar-refractivity contribution >= 4 is 5.97 Å². The zero-order valence-electron chi connectivity index (χ0n) is 19.5. The Labute approximate surface area is 194 Å². The summed E-state index contributed by atoms with van der Waals surface area (Å²) in [5.41, 5.74) is 2.04. The Morgan fingerprint density at radius 3 is 2.09 bits per heavy atom. The van der Waals surface area contributed by atoms with Gasteiger partial charge in [0.2, 0.25) is 5.82 Å². The van der Waals surface area contributed by atoms with Gasteiger partial charge in [-0.05, 0) is 91.5 Å². The van der Waals surface area contributed by atoms with Crippen molar-refractivity contribution in [3.05, 3.63) is 64.5 Å². The average molecular weight is 459 g/mol. The van der Waals surface area contributed by atoms with Crippen LogP contribution in [0.2, 0.25) is 0 Å². The molecule has 0 saturated heterocycles. The number of carbonyl (C=O) groups is 1. The molecule has 0 atom stereocenters. The largest absolute Gasteiger partial charge is 0.423 e. The number of carbonyl (C=O) groups excluding carboxylic acids is 1. The highest BCUT2D eigenvalue weighted by atomic mass is 19.2. The first-order valence-electron chi connectivity index (χ1n) is 12.3. The van der Waals surface area contributed by atoms with E-state index in [9.17, 15) is 18.0 Å². The topological polar surface area (TPSA) is 26.3 Å². The second-order valence-corrected chi connectivity index (χ2v) is 9.92. The molecule has 0 amide bonds. The van der Waals surface area contributed by atoms with Gasteiger partial charge < -0.3 is 4.74 Å². The van der Waals surface area contributed by atoms with Gasteiger partial charge in [-0.1, -0.05) is 44.9 Å². The minimum Gasteiger partial charge on any atom is -0.423 e. The van der Waals surface area contributed by atoms with E-state index in [-0.39, 0.29) is 29.3 Å². The molecule has 2 aromatic rings. The van der Waals surface area contributed by atoms with Crippen LogP contribution in [0.5, 0.6) is 5.75 Å². The summed E-state index contributed by atoms with van der Waals surface area (Å²) in [7, 11) is 0. The lowest BCUT2D eigenvalue weighted by Crippen LogP contribution is -2.26. The van der Waals surface area contributed by atoms with Crippen LogP contribution in [0.3, 0.4) is 0 Å². The first-order chi connectivity index (χ1) is 15.9. The van der Waals surface area contributed by atoms with Crippen LogP contribution in [0, 0.1) is 29.3 Å². The van der Waals surface area contributed by atoms with E-state index >= 15 is 0 Å². The predicted octanol–water partition coefficient (Wildman–Crippen LogP) is 7.84. The molecule has 0 unspecified atom stereocenters. The van der Waals surface area contributed by atoms with Crippen LogP contribution >= 0.6 is 0 Å². The number of halogens is 3. The Hall–Kier alpha value is -2.30. The minimum atomic E-state index is -1.08. The zero-order chi connectivity index (χ0) is 23.5. The quantitative estimate of drug-likeness (QED) is 0.337. The number of hydrogen-bond acceptors (Lipinski definition) is 2. The molecule has 0 aliphatic heterocycles. The predicted molar refractivity (Wildman–Crippen MR) is 123 cm³/mol. The van der Waals surface area contributed by atoms with E-state index in [1.165, 1.54) is 6.07 Å². The molecule has 2 fully saturated rings. The summed E-state index contributed by atoms with van der Waals surface area (Å²) in [6.45, 7) is 4.17. The molecule has 0 bridgehead atoms. The summed E-state index contributed by atoms with van der Waals surface area (Å²) in [5, 5.41) is 0. The molecule has 0 aromatic heterocycles. The van der Waals surface area contributed by atoms with E-state index in [0.29, 0.717) is 42.7 Å². The molecule has 5 heteroatoms. The van der Waals surface area contributed by atoms with Crippen molar-refractivity contribution in [3.63, 3.8) is 0 Å². The number of aryl methyl sites for hydroxylation is 1. The summed E-state index contributed by atoms with van der Waals surface area (Å²) in [6.07, 6.45) is 6.92. The molecule has 178 valence electrons. The second-order valence-electron chi connectivity index (χ2n) is 9.92. The van der Waals surface area contributed by atoms with Gasteiger partial charge in [-0.15, -0.1) is 0 Å².